The first-order valence-electron chi connectivity index (χ1n) is 19.1. The molecule has 5 saturated carbocycles. The molecule has 9 rings (SSSR count). The van der Waals surface area contributed by atoms with Crippen LogP contribution in [-0.4, -0.2) is 97.4 Å². The highest BCUT2D eigenvalue weighted by molar-refractivity contribution is 5.71. The van der Waals surface area contributed by atoms with Gasteiger partial charge in [0.05, 0.1) is 62.9 Å². The van der Waals surface area contributed by atoms with Crippen LogP contribution in [0.15, 0.2) is 0 Å². The van der Waals surface area contributed by atoms with Crippen molar-refractivity contribution in [3.8, 4) is 0 Å². The molecule has 2 spiro atoms. The number of carbonyl (C=O) groups is 1. The lowest BCUT2D eigenvalue weighted by Gasteiger charge is -2.64. The van der Waals surface area contributed by atoms with E-state index < -0.39 is 11.7 Å². The first kappa shape index (κ1) is 32.0. The lowest BCUT2D eigenvalue weighted by molar-refractivity contribution is -0.256. The van der Waals surface area contributed by atoms with Crippen molar-refractivity contribution in [3.63, 3.8) is 0 Å². The maximum Gasteiger partial charge on any atom is 0.408 e. The number of alkyl carbamates (subject to hydrolysis) is 1. The van der Waals surface area contributed by atoms with Crippen LogP contribution in [0.1, 0.15) is 99.8 Å². The molecule has 8 unspecified atom stereocenters. The summed E-state index contributed by atoms with van der Waals surface area (Å²) in [5.74, 6) is 1.84. The number of aliphatic hydroxyl groups excluding tert-OH is 1. The van der Waals surface area contributed by atoms with Gasteiger partial charge in [-0.25, -0.2) is 4.79 Å². The van der Waals surface area contributed by atoms with E-state index in [0.717, 1.165) is 52.2 Å². The molecule has 9 heteroatoms. The number of carbonyl (C=O) groups excluding carboxylic acids is 1. The number of morpholine rings is 1. The second-order valence-electron chi connectivity index (χ2n) is 19.3. The Morgan fingerprint density at radius 1 is 0.979 bits per heavy atom. The Morgan fingerprint density at radius 3 is 2.43 bits per heavy atom. The van der Waals surface area contributed by atoms with Crippen LogP contribution < -0.4 is 5.32 Å². The molecule has 9 nitrogen and oxygen atoms in total. The third kappa shape index (κ3) is 4.02. The topological polar surface area (TPSA) is 98.7 Å². The van der Waals surface area contributed by atoms with Gasteiger partial charge in [-0.1, -0.05) is 34.6 Å². The molecule has 47 heavy (non-hydrogen) atoms. The lowest BCUT2D eigenvalue weighted by atomic mass is 9.41. The number of ether oxygens (including phenoxy) is 5. The number of amides is 1. The summed E-state index contributed by atoms with van der Waals surface area (Å²) in [5, 5.41) is 15.6. The van der Waals surface area contributed by atoms with E-state index in [9.17, 15) is 9.90 Å². The van der Waals surface area contributed by atoms with Crippen molar-refractivity contribution >= 4 is 6.09 Å². The molecule has 0 bridgehead atoms. The summed E-state index contributed by atoms with van der Waals surface area (Å²) >= 11 is 0. The Kier molecular flexibility index (Phi) is 6.86. The largest absolute Gasteiger partial charge is 0.441 e. The summed E-state index contributed by atoms with van der Waals surface area (Å²) in [5.41, 5.74) is -0.0842. The van der Waals surface area contributed by atoms with E-state index in [4.69, 9.17) is 23.7 Å². The first-order chi connectivity index (χ1) is 22.2. The lowest BCUT2D eigenvalue weighted by Crippen LogP contribution is -2.60. The van der Waals surface area contributed by atoms with Gasteiger partial charge in [0.1, 0.15) is 5.60 Å². The minimum Gasteiger partial charge on any atom is -0.441 e. The number of hydrogen-bond acceptors (Lipinski definition) is 8. The zero-order valence-electron chi connectivity index (χ0n) is 29.9. The molecule has 1 amide bonds. The Bertz CT molecular complexity index is 1300. The number of cyclic esters (lactones) is 1. The molecule has 0 aromatic carbocycles. The fraction of sp³-hybridized carbons (Fsp3) is 0.974. The van der Waals surface area contributed by atoms with E-state index in [1.165, 1.54) is 32.1 Å². The fourth-order valence-electron chi connectivity index (χ4n) is 14.6. The molecule has 5 aliphatic carbocycles. The molecule has 9 aliphatic rings. The normalized spacial score (nSPS) is 56.1. The molecule has 2 N–H and O–H groups in total. The van der Waals surface area contributed by atoms with Crippen molar-refractivity contribution in [1.29, 1.82) is 0 Å². The monoisotopic (exact) mass is 656 g/mol. The molecule has 14 atom stereocenters. The number of nitrogens with one attached hydrogen (secondary N) is 1. The van der Waals surface area contributed by atoms with Crippen molar-refractivity contribution < 1.29 is 33.6 Å². The molecule has 4 saturated heterocycles. The maximum absolute atomic E-state index is 12.6. The number of fused-ring (bicyclic) bond motifs is 4. The van der Waals surface area contributed by atoms with Crippen molar-refractivity contribution in [2.24, 2.45) is 50.7 Å². The van der Waals surface area contributed by atoms with Crippen LogP contribution in [0.2, 0.25) is 0 Å². The van der Waals surface area contributed by atoms with Gasteiger partial charge < -0.3 is 34.1 Å². The number of hydrogen-bond donors (Lipinski definition) is 2. The predicted octanol–water partition coefficient (Wildman–Crippen LogP) is 5.13. The van der Waals surface area contributed by atoms with Crippen LogP contribution in [0.25, 0.3) is 0 Å². The SMILES string of the molecule is C[C@@H]1CC([C@@H]2NC(=O)OC2(C)C)OC2[C@H]1C1(C)CCC34CC35CCC(OC3CN(C6COC6)CCO3)C(C)(C)[C@@H]5CCC4[C@]1(C)[C@H]2O. The van der Waals surface area contributed by atoms with E-state index >= 15 is 0 Å². The van der Waals surface area contributed by atoms with Gasteiger partial charge in [-0.05, 0) is 111 Å². The zero-order valence-corrected chi connectivity index (χ0v) is 29.9. The second kappa shape index (κ2) is 10.1. The molecule has 4 heterocycles. The minimum absolute atomic E-state index is 0.0183. The van der Waals surface area contributed by atoms with E-state index in [0.29, 0.717) is 40.5 Å². The third-order valence-electron chi connectivity index (χ3n) is 17.0. The Balaban J connectivity index is 0.956. The molecule has 264 valence electrons. The molecular weight excluding hydrogens is 596 g/mol. The quantitative estimate of drug-likeness (QED) is 0.430. The maximum atomic E-state index is 12.6. The minimum atomic E-state index is -0.634. The highest BCUT2D eigenvalue weighted by Crippen LogP contribution is 2.89. The van der Waals surface area contributed by atoms with Crippen molar-refractivity contribution in [2.45, 2.75) is 148 Å². The summed E-state index contributed by atoms with van der Waals surface area (Å²) in [4.78, 5) is 14.8. The van der Waals surface area contributed by atoms with Crippen LogP contribution in [0.3, 0.4) is 0 Å². The smallest absolute Gasteiger partial charge is 0.408 e. The first-order valence-corrected chi connectivity index (χ1v) is 19.1. The van der Waals surface area contributed by atoms with Gasteiger partial charge in [-0.2, -0.15) is 0 Å². The van der Waals surface area contributed by atoms with Gasteiger partial charge in [0.2, 0.25) is 0 Å². The Morgan fingerprint density at radius 2 is 1.72 bits per heavy atom. The second-order valence-corrected chi connectivity index (χ2v) is 19.3. The summed E-state index contributed by atoms with van der Waals surface area (Å²) < 4.78 is 31.2. The van der Waals surface area contributed by atoms with E-state index in [1.54, 1.807) is 0 Å². The summed E-state index contributed by atoms with van der Waals surface area (Å²) in [6, 6.07) is 0.308. The standard InChI is InChI=1S/C38H60N2O7/c1-21-16-23(30-34(4,5)47-32(42)39-30)45-29-28(21)35(6)12-13-38-20-37(38)11-10-26(46-27-17-40(14-15-44-27)22-18-43-19-22)33(2,3)24(37)8-9-25(38)36(35,7)31(29)41/h21-31,41H,8-20H2,1-7H3,(H,39,42)/t21-,23?,24+,25?,26?,27?,28+,29?,30+,31+,35?,36-,37?,38?/m1/s1. The summed E-state index contributed by atoms with van der Waals surface area (Å²) in [6.07, 6.45) is 8.15. The van der Waals surface area contributed by atoms with Gasteiger partial charge in [0, 0.05) is 12.0 Å². The molecule has 0 aromatic rings. The molecule has 0 aromatic heterocycles. The van der Waals surface area contributed by atoms with Crippen molar-refractivity contribution in [3.05, 3.63) is 0 Å². The average molecular weight is 657 g/mol. The fourth-order valence-corrected chi connectivity index (χ4v) is 14.6. The highest BCUT2D eigenvalue weighted by Gasteiger charge is 2.84. The Hall–Kier alpha value is -0.970. The summed E-state index contributed by atoms with van der Waals surface area (Å²) in [6.45, 7) is 20.5. The van der Waals surface area contributed by atoms with Gasteiger partial charge in [-0.15, -0.1) is 0 Å². The van der Waals surface area contributed by atoms with Crippen LogP contribution in [-0.2, 0) is 23.7 Å². The molecule has 0 radical (unpaired) electrons. The molecule has 4 aliphatic heterocycles. The van der Waals surface area contributed by atoms with Gasteiger partial charge >= 0.3 is 6.09 Å². The van der Waals surface area contributed by atoms with Crippen LogP contribution >= 0.6 is 0 Å². The van der Waals surface area contributed by atoms with Crippen molar-refractivity contribution in [1.82, 2.24) is 10.2 Å². The van der Waals surface area contributed by atoms with Crippen molar-refractivity contribution in [2.75, 3.05) is 32.9 Å². The number of nitrogens with zero attached hydrogens (tertiary/aromatic N) is 1. The van der Waals surface area contributed by atoms with Crippen LogP contribution in [0, 0.1) is 50.7 Å². The zero-order chi connectivity index (χ0) is 32.9. The number of aliphatic hydroxyl groups is 1. The van der Waals surface area contributed by atoms with Crippen LogP contribution in [0.4, 0.5) is 4.79 Å². The highest BCUT2D eigenvalue weighted by atomic mass is 16.7. The summed E-state index contributed by atoms with van der Waals surface area (Å²) in [7, 11) is 0. The van der Waals surface area contributed by atoms with E-state index in [2.05, 4.69) is 44.8 Å². The van der Waals surface area contributed by atoms with Crippen LogP contribution in [0.5, 0.6) is 0 Å². The van der Waals surface area contributed by atoms with Gasteiger partial charge in [0.25, 0.3) is 0 Å². The Labute approximate surface area is 281 Å². The third-order valence-corrected chi connectivity index (χ3v) is 17.0. The average Bonchev–Trinajstić information content (AvgIpc) is 3.50. The number of rotatable bonds is 4. The van der Waals surface area contributed by atoms with Gasteiger partial charge in [-0.3, -0.25) is 4.90 Å². The molecular formula is C38H60N2O7. The molecule has 9 fully saturated rings. The predicted molar refractivity (Wildman–Crippen MR) is 174 cm³/mol. The van der Waals surface area contributed by atoms with Gasteiger partial charge in [0.15, 0.2) is 6.29 Å². The van der Waals surface area contributed by atoms with E-state index in [1.807, 2.05) is 13.8 Å². The van der Waals surface area contributed by atoms with E-state index in [-0.39, 0.29) is 53.0 Å².